The molecule has 1 aromatic rings. The molecule has 0 amide bonds. The van der Waals surface area contributed by atoms with Crippen LogP contribution >= 0.6 is 0 Å². The fourth-order valence-corrected chi connectivity index (χ4v) is 6.12. The molecular weight excluding hydrogens is 700 g/mol. The molecule has 16 nitrogen and oxygen atoms in total. The molecule has 3 fully saturated rings. The van der Waals surface area contributed by atoms with E-state index in [-0.39, 0.29) is 12.4 Å². The fourth-order valence-electron chi connectivity index (χ4n) is 6.12. The summed E-state index contributed by atoms with van der Waals surface area (Å²) in [5.41, 5.74) is 2.79. The molecule has 15 unspecified atom stereocenters. The second kappa shape index (κ2) is 19.7. The zero-order valence-corrected chi connectivity index (χ0v) is 30.5. The van der Waals surface area contributed by atoms with Crippen molar-refractivity contribution in [2.75, 3.05) is 13.2 Å². The lowest BCUT2D eigenvalue weighted by molar-refractivity contribution is -0.375. The van der Waals surface area contributed by atoms with Gasteiger partial charge in [-0.1, -0.05) is 35.4 Å². The van der Waals surface area contributed by atoms with Crippen LogP contribution in [0.1, 0.15) is 53.0 Å². The molecule has 16 heteroatoms. The molecule has 3 heterocycles. The van der Waals surface area contributed by atoms with E-state index in [2.05, 4.69) is 6.08 Å². The molecule has 3 saturated heterocycles. The first-order valence-electron chi connectivity index (χ1n) is 17.7. The molecule has 0 saturated carbocycles. The van der Waals surface area contributed by atoms with E-state index >= 15 is 0 Å². The summed E-state index contributed by atoms with van der Waals surface area (Å²) in [7, 11) is 0. The van der Waals surface area contributed by atoms with Crippen molar-refractivity contribution in [3.63, 3.8) is 0 Å². The Morgan fingerprint density at radius 2 is 1.36 bits per heavy atom. The van der Waals surface area contributed by atoms with Gasteiger partial charge in [-0.3, -0.25) is 0 Å². The summed E-state index contributed by atoms with van der Waals surface area (Å²) in [6.07, 6.45) is -14.1. The lowest BCUT2D eigenvalue weighted by Gasteiger charge is -2.48. The van der Waals surface area contributed by atoms with Crippen molar-refractivity contribution in [1.29, 1.82) is 0 Å². The minimum absolute atomic E-state index is 0.0177. The van der Waals surface area contributed by atoms with Crippen LogP contribution in [0.4, 0.5) is 0 Å². The van der Waals surface area contributed by atoms with E-state index in [1.807, 2.05) is 26.8 Å². The number of carbonyl (C=O) groups is 1. The quantitative estimate of drug-likeness (QED) is 0.0717. The number of carbonyl (C=O) groups excluding carboxylic acids is 1. The Labute approximate surface area is 308 Å². The zero-order valence-electron chi connectivity index (χ0n) is 30.5. The average molecular weight is 755 g/mol. The SMILES string of the molecule is CC(C)=CCCC(C)=CCOC1OC(CO)C(OC(=O)C=Cc2ccc(O)cc2)C(OC2OC(C)C(OC3OC(C)C(O)C(O)C3O)C(O)C2O)C1O. The standard InChI is InChI=1S/C37H54O16/c1-18(2)7-6-8-19(3)15-16-47-35-31(46)34(33(24(17-38)50-35)51-25(40)14-11-22-9-12-23(39)13-10-22)53-37-30(45)28(43)32(21(5)49-37)52-36-29(44)27(42)26(41)20(4)48-36/h7,9-15,20-21,24,26-39,41-46H,6,8,16-17H2,1-5H3. The largest absolute Gasteiger partial charge is 0.508 e. The third kappa shape index (κ3) is 11.4. The number of phenolic OH excluding ortho intramolecular Hbond substituents is 1. The van der Waals surface area contributed by atoms with E-state index < -0.39 is 105 Å². The first-order chi connectivity index (χ1) is 25.1. The minimum Gasteiger partial charge on any atom is -0.508 e. The van der Waals surface area contributed by atoms with E-state index in [9.17, 15) is 45.6 Å². The highest BCUT2D eigenvalue weighted by Crippen LogP contribution is 2.33. The Hall–Kier alpha value is -2.81. The number of phenols is 1. The Morgan fingerprint density at radius 1 is 0.736 bits per heavy atom. The zero-order chi connectivity index (χ0) is 39.0. The number of aromatic hydroxyl groups is 1. The molecule has 4 rings (SSSR count). The molecule has 53 heavy (non-hydrogen) atoms. The van der Waals surface area contributed by atoms with Gasteiger partial charge in [-0.15, -0.1) is 0 Å². The van der Waals surface area contributed by atoms with E-state index in [4.69, 9.17) is 33.2 Å². The van der Waals surface area contributed by atoms with Crippen LogP contribution in [0.5, 0.6) is 5.75 Å². The molecule has 15 atom stereocenters. The van der Waals surface area contributed by atoms with Gasteiger partial charge >= 0.3 is 5.97 Å². The van der Waals surface area contributed by atoms with E-state index in [0.717, 1.165) is 24.5 Å². The second-order valence-electron chi connectivity index (χ2n) is 13.8. The summed E-state index contributed by atoms with van der Waals surface area (Å²) in [5, 5.41) is 84.3. The summed E-state index contributed by atoms with van der Waals surface area (Å²) in [5.74, 6) is -0.868. The molecule has 298 valence electrons. The predicted octanol–water partition coefficient (Wildman–Crippen LogP) is 0.169. The Balaban J connectivity index is 1.51. The molecule has 0 bridgehead atoms. The second-order valence-corrected chi connectivity index (χ2v) is 13.8. The van der Waals surface area contributed by atoms with Crippen molar-refractivity contribution >= 4 is 12.0 Å². The maximum atomic E-state index is 13.0. The van der Waals surface area contributed by atoms with Gasteiger partial charge in [0.25, 0.3) is 0 Å². The Kier molecular flexibility index (Phi) is 15.9. The summed E-state index contributed by atoms with van der Waals surface area (Å²) in [4.78, 5) is 13.0. The van der Waals surface area contributed by atoms with Crippen LogP contribution in [0.15, 0.2) is 53.6 Å². The van der Waals surface area contributed by atoms with Crippen LogP contribution in [0.2, 0.25) is 0 Å². The van der Waals surface area contributed by atoms with Gasteiger partial charge in [0.05, 0.1) is 25.4 Å². The molecular formula is C37H54O16. The van der Waals surface area contributed by atoms with Crippen LogP contribution in [-0.4, -0.2) is 152 Å². The first kappa shape index (κ1) is 42.9. The van der Waals surface area contributed by atoms with Crippen LogP contribution in [-0.2, 0) is 38.0 Å². The van der Waals surface area contributed by atoms with E-state index in [1.54, 1.807) is 12.1 Å². The molecule has 8 N–H and O–H groups in total. The van der Waals surface area contributed by atoms with Gasteiger partial charge in [-0.25, -0.2) is 4.79 Å². The van der Waals surface area contributed by atoms with Gasteiger partial charge in [-0.05, 0) is 71.2 Å². The maximum absolute atomic E-state index is 13.0. The van der Waals surface area contributed by atoms with Gasteiger partial charge in [0.1, 0.15) is 60.7 Å². The van der Waals surface area contributed by atoms with Crippen molar-refractivity contribution in [1.82, 2.24) is 0 Å². The van der Waals surface area contributed by atoms with Gasteiger partial charge in [0.2, 0.25) is 0 Å². The Morgan fingerprint density at radius 3 is 2.00 bits per heavy atom. The third-order valence-electron chi connectivity index (χ3n) is 9.30. The number of allylic oxidation sites excluding steroid dienone is 3. The molecule has 3 aliphatic heterocycles. The van der Waals surface area contributed by atoms with Crippen molar-refractivity contribution < 1.29 is 78.8 Å². The lowest BCUT2D eigenvalue weighted by Crippen LogP contribution is -2.66. The number of rotatable bonds is 14. The molecule has 0 spiro atoms. The normalized spacial score (nSPS) is 38.1. The lowest BCUT2D eigenvalue weighted by atomic mass is 9.96. The van der Waals surface area contributed by atoms with E-state index in [1.165, 1.54) is 37.6 Å². The predicted molar refractivity (Wildman–Crippen MR) is 186 cm³/mol. The molecule has 0 aromatic heterocycles. The van der Waals surface area contributed by atoms with Crippen LogP contribution < -0.4 is 0 Å². The molecule has 1 aromatic carbocycles. The number of aliphatic hydroxyl groups excluding tert-OH is 7. The molecule has 0 aliphatic carbocycles. The number of hydrogen-bond acceptors (Lipinski definition) is 16. The average Bonchev–Trinajstić information content (AvgIpc) is 3.11. The maximum Gasteiger partial charge on any atom is 0.331 e. The summed E-state index contributed by atoms with van der Waals surface area (Å²) >= 11 is 0. The van der Waals surface area contributed by atoms with Crippen LogP contribution in [0.25, 0.3) is 6.08 Å². The fraction of sp³-hybridized carbons (Fsp3) is 0.649. The monoisotopic (exact) mass is 754 g/mol. The van der Waals surface area contributed by atoms with Crippen LogP contribution in [0.3, 0.4) is 0 Å². The van der Waals surface area contributed by atoms with Gasteiger partial charge < -0.3 is 74.0 Å². The third-order valence-corrected chi connectivity index (χ3v) is 9.30. The van der Waals surface area contributed by atoms with Crippen molar-refractivity contribution in [3.8, 4) is 5.75 Å². The first-order valence-corrected chi connectivity index (χ1v) is 17.7. The highest BCUT2D eigenvalue weighted by molar-refractivity contribution is 5.87. The summed E-state index contributed by atoms with van der Waals surface area (Å²) < 4.78 is 40.4. The highest BCUT2D eigenvalue weighted by atomic mass is 16.8. The smallest absolute Gasteiger partial charge is 0.331 e. The van der Waals surface area contributed by atoms with Gasteiger partial charge in [0.15, 0.2) is 25.0 Å². The van der Waals surface area contributed by atoms with Crippen molar-refractivity contribution in [2.24, 2.45) is 0 Å². The summed E-state index contributed by atoms with van der Waals surface area (Å²) in [6.45, 7) is 8.21. The highest BCUT2D eigenvalue weighted by Gasteiger charge is 2.54. The summed E-state index contributed by atoms with van der Waals surface area (Å²) in [6, 6.07) is 5.99. The van der Waals surface area contributed by atoms with Gasteiger partial charge in [-0.2, -0.15) is 0 Å². The number of ether oxygens (including phenoxy) is 7. The number of hydrogen-bond donors (Lipinski definition) is 8. The van der Waals surface area contributed by atoms with Crippen molar-refractivity contribution in [2.45, 2.75) is 140 Å². The van der Waals surface area contributed by atoms with Gasteiger partial charge in [0, 0.05) is 6.08 Å². The molecule has 3 aliphatic rings. The Bertz CT molecular complexity index is 1400. The number of esters is 1. The minimum atomic E-state index is -1.84. The van der Waals surface area contributed by atoms with E-state index in [0.29, 0.717) is 5.56 Å². The number of benzene rings is 1. The van der Waals surface area contributed by atoms with Crippen LogP contribution in [0, 0.1) is 0 Å². The topological polar surface area (TPSA) is 244 Å². The van der Waals surface area contributed by atoms with Crippen molar-refractivity contribution in [3.05, 3.63) is 59.2 Å². The number of aliphatic hydroxyl groups is 7. The molecule has 0 radical (unpaired) electrons.